The van der Waals surface area contributed by atoms with E-state index in [0.717, 1.165) is 22.4 Å². The molecule has 0 heterocycles. The summed E-state index contributed by atoms with van der Waals surface area (Å²) in [5.74, 6) is 0.778. The normalized spacial score (nSPS) is 11.2. The van der Waals surface area contributed by atoms with Crippen molar-refractivity contribution in [2.45, 2.75) is 20.5 Å². The molecule has 120 valence electrons. The van der Waals surface area contributed by atoms with Crippen molar-refractivity contribution in [1.82, 2.24) is 0 Å². The Labute approximate surface area is 140 Å². The first kappa shape index (κ1) is 17.0. The zero-order chi connectivity index (χ0) is 16.8. The van der Waals surface area contributed by atoms with Gasteiger partial charge >= 0.3 is 0 Å². The second kappa shape index (κ2) is 7.79. The maximum Gasteiger partial charge on any atom is 0.274 e. The Bertz CT molecular complexity index is 721. The first-order valence-electron chi connectivity index (χ1n) is 7.11. The molecule has 0 unspecified atom stereocenters. The first-order valence-corrected chi connectivity index (χ1v) is 7.49. The standard InChI is InChI=1S/C18H18ClNO3/c1-12-8-13(2)10-15(9-12)23-11-14-6-4-5-7-16(14)17(18(19)21)20-22-3/h4-10H,11H2,1-3H3. The van der Waals surface area contributed by atoms with Crippen LogP contribution >= 0.6 is 11.6 Å². The predicted octanol–water partition coefficient (Wildman–Crippen LogP) is 4.00. The van der Waals surface area contributed by atoms with E-state index in [4.69, 9.17) is 21.2 Å². The topological polar surface area (TPSA) is 47.9 Å². The van der Waals surface area contributed by atoms with Crippen LogP contribution < -0.4 is 4.74 Å². The van der Waals surface area contributed by atoms with Gasteiger partial charge in [-0.25, -0.2) is 0 Å². The van der Waals surface area contributed by atoms with E-state index >= 15 is 0 Å². The number of aryl methyl sites for hydroxylation is 2. The van der Waals surface area contributed by atoms with Gasteiger partial charge < -0.3 is 9.57 Å². The molecule has 0 amide bonds. The minimum atomic E-state index is -0.675. The lowest BCUT2D eigenvalue weighted by Gasteiger charge is -2.12. The Morgan fingerprint density at radius 1 is 1.13 bits per heavy atom. The molecule has 0 aliphatic heterocycles. The third kappa shape index (κ3) is 4.57. The van der Waals surface area contributed by atoms with Crippen LogP contribution in [0.1, 0.15) is 22.3 Å². The Balaban J connectivity index is 2.27. The van der Waals surface area contributed by atoms with Crippen molar-refractivity contribution in [2.24, 2.45) is 5.16 Å². The number of rotatable bonds is 6. The highest BCUT2D eigenvalue weighted by Crippen LogP contribution is 2.19. The molecule has 0 saturated carbocycles. The van der Waals surface area contributed by atoms with Gasteiger partial charge in [0, 0.05) is 5.56 Å². The number of hydrogen-bond donors (Lipinski definition) is 0. The van der Waals surface area contributed by atoms with E-state index in [9.17, 15) is 4.79 Å². The summed E-state index contributed by atoms with van der Waals surface area (Å²) in [5, 5.41) is 3.04. The van der Waals surface area contributed by atoms with Gasteiger partial charge in [0.1, 0.15) is 19.5 Å². The third-order valence-corrected chi connectivity index (χ3v) is 3.41. The Hall–Kier alpha value is -2.33. The average molecular weight is 332 g/mol. The number of hydrogen-bond acceptors (Lipinski definition) is 4. The summed E-state index contributed by atoms with van der Waals surface area (Å²) in [6.45, 7) is 4.33. The van der Waals surface area contributed by atoms with Gasteiger partial charge in [-0.2, -0.15) is 0 Å². The average Bonchev–Trinajstić information content (AvgIpc) is 2.50. The minimum absolute atomic E-state index is 0.0637. The van der Waals surface area contributed by atoms with Gasteiger partial charge in [-0.3, -0.25) is 4.79 Å². The molecule has 0 spiro atoms. The van der Waals surface area contributed by atoms with Crippen molar-refractivity contribution in [2.75, 3.05) is 7.11 Å². The molecule has 0 atom stereocenters. The molecule has 2 aromatic rings. The van der Waals surface area contributed by atoms with Crippen LogP contribution in [-0.4, -0.2) is 18.1 Å². The molecular weight excluding hydrogens is 314 g/mol. The molecule has 2 aromatic carbocycles. The van der Waals surface area contributed by atoms with Crippen molar-refractivity contribution in [3.8, 4) is 5.75 Å². The summed E-state index contributed by atoms with van der Waals surface area (Å²) in [7, 11) is 1.37. The summed E-state index contributed by atoms with van der Waals surface area (Å²) in [4.78, 5) is 16.3. The highest BCUT2D eigenvalue weighted by atomic mass is 35.5. The van der Waals surface area contributed by atoms with Crippen molar-refractivity contribution >= 4 is 22.6 Å². The van der Waals surface area contributed by atoms with Crippen LogP contribution in [0.5, 0.6) is 5.75 Å². The Morgan fingerprint density at radius 3 is 2.39 bits per heavy atom. The molecule has 0 aromatic heterocycles. The molecule has 23 heavy (non-hydrogen) atoms. The SMILES string of the molecule is CON=C(C(=O)Cl)c1ccccc1COc1cc(C)cc(C)c1. The fraction of sp³-hybridized carbons (Fsp3) is 0.222. The van der Waals surface area contributed by atoms with Crippen LogP contribution in [0.2, 0.25) is 0 Å². The van der Waals surface area contributed by atoms with E-state index in [-0.39, 0.29) is 5.71 Å². The van der Waals surface area contributed by atoms with Gasteiger partial charge in [0.2, 0.25) is 0 Å². The molecular formula is C18H18ClNO3. The lowest BCUT2D eigenvalue weighted by molar-refractivity contribution is -0.106. The number of carbonyl (C=O) groups is 1. The lowest BCUT2D eigenvalue weighted by atomic mass is 10.0. The van der Waals surface area contributed by atoms with E-state index in [1.165, 1.54) is 7.11 Å². The van der Waals surface area contributed by atoms with Crippen LogP contribution in [-0.2, 0) is 16.2 Å². The van der Waals surface area contributed by atoms with Gasteiger partial charge in [0.15, 0.2) is 5.71 Å². The Morgan fingerprint density at radius 2 is 1.78 bits per heavy atom. The van der Waals surface area contributed by atoms with Gasteiger partial charge in [-0.15, -0.1) is 0 Å². The fourth-order valence-electron chi connectivity index (χ4n) is 2.34. The molecule has 0 N–H and O–H groups in total. The van der Waals surface area contributed by atoms with Crippen molar-refractivity contribution in [3.05, 3.63) is 64.7 Å². The molecule has 0 fully saturated rings. The van der Waals surface area contributed by atoms with E-state index in [2.05, 4.69) is 11.2 Å². The van der Waals surface area contributed by atoms with Crippen molar-refractivity contribution in [3.63, 3.8) is 0 Å². The quantitative estimate of drug-likeness (QED) is 0.456. The van der Waals surface area contributed by atoms with Gasteiger partial charge in [-0.1, -0.05) is 35.5 Å². The number of halogens is 1. The molecule has 0 saturated heterocycles. The van der Waals surface area contributed by atoms with Crippen LogP contribution in [0.25, 0.3) is 0 Å². The van der Waals surface area contributed by atoms with Crippen LogP contribution in [0, 0.1) is 13.8 Å². The second-order valence-electron chi connectivity index (χ2n) is 5.17. The zero-order valence-electron chi connectivity index (χ0n) is 13.3. The van der Waals surface area contributed by atoms with E-state index in [0.29, 0.717) is 12.2 Å². The number of oxime groups is 1. The first-order chi connectivity index (χ1) is 11.0. The number of nitrogens with zero attached hydrogens (tertiary/aromatic N) is 1. The summed E-state index contributed by atoms with van der Waals surface area (Å²) >= 11 is 5.60. The van der Waals surface area contributed by atoms with E-state index in [1.807, 2.05) is 38.1 Å². The monoisotopic (exact) mass is 331 g/mol. The third-order valence-electron chi connectivity index (χ3n) is 3.23. The van der Waals surface area contributed by atoms with Gasteiger partial charge in [0.05, 0.1) is 0 Å². The van der Waals surface area contributed by atoms with Gasteiger partial charge in [0.25, 0.3) is 5.24 Å². The number of ether oxygens (including phenoxy) is 1. The summed E-state index contributed by atoms with van der Waals surface area (Å²) in [5.41, 5.74) is 3.72. The molecule has 0 radical (unpaired) electrons. The molecule has 0 aliphatic rings. The van der Waals surface area contributed by atoms with Crippen molar-refractivity contribution in [1.29, 1.82) is 0 Å². The van der Waals surface area contributed by atoms with Crippen molar-refractivity contribution < 1.29 is 14.4 Å². The lowest BCUT2D eigenvalue weighted by Crippen LogP contribution is -2.14. The summed E-state index contributed by atoms with van der Waals surface area (Å²) in [6, 6.07) is 13.3. The fourth-order valence-corrected chi connectivity index (χ4v) is 2.47. The predicted molar refractivity (Wildman–Crippen MR) is 91.1 cm³/mol. The smallest absolute Gasteiger partial charge is 0.274 e. The number of carbonyl (C=O) groups excluding carboxylic acids is 1. The maximum atomic E-state index is 11.6. The molecule has 5 heteroatoms. The van der Waals surface area contributed by atoms with E-state index < -0.39 is 5.24 Å². The highest BCUT2D eigenvalue weighted by Gasteiger charge is 2.16. The number of benzene rings is 2. The Kier molecular flexibility index (Phi) is 5.77. The minimum Gasteiger partial charge on any atom is -0.489 e. The molecule has 4 nitrogen and oxygen atoms in total. The summed E-state index contributed by atoms with van der Waals surface area (Å²) in [6.07, 6.45) is 0. The largest absolute Gasteiger partial charge is 0.489 e. The van der Waals surface area contributed by atoms with E-state index in [1.54, 1.807) is 12.1 Å². The maximum absolute atomic E-state index is 11.6. The van der Waals surface area contributed by atoms with Crippen LogP contribution in [0.15, 0.2) is 47.6 Å². The van der Waals surface area contributed by atoms with Gasteiger partial charge in [-0.05, 0) is 54.3 Å². The molecule has 0 bridgehead atoms. The second-order valence-corrected chi connectivity index (χ2v) is 5.51. The summed E-state index contributed by atoms with van der Waals surface area (Å²) < 4.78 is 5.85. The van der Waals surface area contributed by atoms with Crippen LogP contribution in [0.3, 0.4) is 0 Å². The molecule has 2 rings (SSSR count). The highest BCUT2D eigenvalue weighted by molar-refractivity contribution is 6.84. The molecule has 0 aliphatic carbocycles. The van der Waals surface area contributed by atoms with Crippen LogP contribution in [0.4, 0.5) is 0 Å². The zero-order valence-corrected chi connectivity index (χ0v) is 14.1.